The Labute approximate surface area is 192 Å². The summed E-state index contributed by atoms with van der Waals surface area (Å²) < 4.78 is 23.6. The van der Waals surface area contributed by atoms with Gasteiger partial charge in [-0.15, -0.1) is 0 Å². The third-order valence-corrected chi connectivity index (χ3v) is 5.49. The second kappa shape index (κ2) is 10.7. The molecule has 0 N–H and O–H groups in total. The van der Waals surface area contributed by atoms with Gasteiger partial charge in [0.15, 0.2) is 5.15 Å². The fraction of sp³-hybridized carbons (Fsp3) is 0.435. The van der Waals surface area contributed by atoms with Crippen LogP contribution in [0.25, 0.3) is 17.1 Å². The molecule has 0 bridgehead atoms. The van der Waals surface area contributed by atoms with E-state index < -0.39 is 5.82 Å². The maximum atomic E-state index is 15.0. The first-order chi connectivity index (χ1) is 15.3. The van der Waals surface area contributed by atoms with Crippen LogP contribution in [0.1, 0.15) is 26.7 Å². The van der Waals surface area contributed by atoms with Crippen LogP contribution in [0.5, 0.6) is 5.75 Å². The average Bonchev–Trinajstić information content (AvgIpc) is 3.29. The van der Waals surface area contributed by atoms with Crippen LogP contribution in [0.3, 0.4) is 0 Å². The minimum absolute atomic E-state index is 0.0297. The lowest BCUT2D eigenvalue weighted by Crippen LogP contribution is -2.30. The third-order valence-electron chi connectivity index (χ3n) is 5.23. The highest BCUT2D eigenvalue weighted by molar-refractivity contribution is 6.31. The minimum Gasteiger partial charge on any atom is -0.494 e. The number of benzene rings is 1. The van der Waals surface area contributed by atoms with Crippen molar-refractivity contribution in [3.05, 3.63) is 58.0 Å². The van der Waals surface area contributed by atoms with E-state index in [0.29, 0.717) is 18.9 Å². The van der Waals surface area contributed by atoms with E-state index in [1.54, 1.807) is 30.6 Å². The van der Waals surface area contributed by atoms with Gasteiger partial charge in [0.25, 0.3) is 5.56 Å². The summed E-state index contributed by atoms with van der Waals surface area (Å²) in [5.74, 6) is 0.251. The molecule has 0 saturated carbocycles. The number of ether oxygens (including phenoxy) is 1. The monoisotopic (exact) mass is 461 g/mol. The Morgan fingerprint density at radius 1 is 1.31 bits per heavy atom. The van der Waals surface area contributed by atoms with E-state index in [1.165, 1.54) is 15.3 Å². The first-order valence-corrected chi connectivity index (χ1v) is 11.1. The lowest BCUT2D eigenvalue weighted by molar-refractivity contribution is 0.281. The molecule has 172 valence electrons. The first kappa shape index (κ1) is 23.9. The topological polar surface area (TPSA) is 65.2 Å². The van der Waals surface area contributed by atoms with Crippen LogP contribution >= 0.6 is 11.6 Å². The van der Waals surface area contributed by atoms with Gasteiger partial charge in [0, 0.05) is 31.0 Å². The molecule has 3 rings (SSSR count). The molecule has 0 spiro atoms. The molecule has 2 heterocycles. The molecule has 1 unspecified atom stereocenters. The Kier molecular flexibility index (Phi) is 8.04. The van der Waals surface area contributed by atoms with Crippen LogP contribution in [0.4, 0.5) is 4.39 Å². The molecule has 0 radical (unpaired) electrons. The molecule has 9 heteroatoms. The normalized spacial score (nSPS) is 12.3. The van der Waals surface area contributed by atoms with Gasteiger partial charge >= 0.3 is 0 Å². The zero-order valence-corrected chi connectivity index (χ0v) is 19.6. The highest BCUT2D eigenvalue weighted by Gasteiger charge is 2.22. The van der Waals surface area contributed by atoms with Gasteiger partial charge in [-0.2, -0.15) is 5.10 Å². The SMILES string of the molecule is CCC(C)Cn1c(-c2cc(OCCCN(C)C)ccc2F)c(Cl)nc(-n2cccn2)c1=O. The van der Waals surface area contributed by atoms with Gasteiger partial charge in [-0.1, -0.05) is 31.9 Å². The summed E-state index contributed by atoms with van der Waals surface area (Å²) in [4.78, 5) is 19.7. The van der Waals surface area contributed by atoms with Gasteiger partial charge in [-0.3, -0.25) is 4.79 Å². The zero-order chi connectivity index (χ0) is 23.3. The number of hydrogen-bond donors (Lipinski definition) is 0. The molecule has 1 aromatic carbocycles. The molecule has 3 aromatic rings. The van der Waals surface area contributed by atoms with Gasteiger partial charge in [0.1, 0.15) is 11.6 Å². The highest BCUT2D eigenvalue weighted by atomic mass is 35.5. The van der Waals surface area contributed by atoms with Crippen LogP contribution in [0.2, 0.25) is 5.15 Å². The molecule has 32 heavy (non-hydrogen) atoms. The van der Waals surface area contributed by atoms with E-state index in [1.807, 2.05) is 27.9 Å². The lowest BCUT2D eigenvalue weighted by Gasteiger charge is -2.19. The van der Waals surface area contributed by atoms with Crippen LogP contribution < -0.4 is 10.3 Å². The average molecular weight is 462 g/mol. The molecule has 0 aliphatic rings. The molecule has 0 amide bonds. The second-order valence-electron chi connectivity index (χ2n) is 8.10. The maximum Gasteiger partial charge on any atom is 0.296 e. The Bertz CT molecular complexity index is 1100. The number of hydrogen-bond acceptors (Lipinski definition) is 5. The molecule has 7 nitrogen and oxygen atoms in total. The molecule has 2 aromatic heterocycles. The highest BCUT2D eigenvalue weighted by Crippen LogP contribution is 2.32. The van der Waals surface area contributed by atoms with Crippen molar-refractivity contribution in [1.29, 1.82) is 0 Å². The van der Waals surface area contributed by atoms with Crippen molar-refractivity contribution in [3.8, 4) is 22.8 Å². The van der Waals surface area contributed by atoms with Crippen molar-refractivity contribution in [2.24, 2.45) is 5.92 Å². The smallest absolute Gasteiger partial charge is 0.296 e. The molecular weight excluding hydrogens is 433 g/mol. The molecule has 1 atom stereocenters. The summed E-state index contributed by atoms with van der Waals surface area (Å²) >= 11 is 6.55. The van der Waals surface area contributed by atoms with Crippen LogP contribution in [-0.2, 0) is 6.54 Å². The maximum absolute atomic E-state index is 15.0. The van der Waals surface area contributed by atoms with Crippen LogP contribution in [0, 0.1) is 11.7 Å². The number of halogens is 2. The molecule has 0 aliphatic heterocycles. The summed E-state index contributed by atoms with van der Waals surface area (Å²) in [5, 5.41) is 4.13. The third kappa shape index (κ3) is 5.55. The van der Waals surface area contributed by atoms with E-state index in [2.05, 4.69) is 15.0 Å². The van der Waals surface area contributed by atoms with E-state index in [-0.39, 0.29) is 33.7 Å². The standard InChI is InChI=1S/C23H29ClFN5O2/c1-5-16(2)15-29-20(21(24)27-22(23(29)31)30-12-6-10-26-30)18-14-17(8-9-19(18)25)32-13-7-11-28(3)4/h6,8-10,12,14,16H,5,7,11,13,15H2,1-4H3. The second-order valence-corrected chi connectivity index (χ2v) is 8.46. The summed E-state index contributed by atoms with van der Waals surface area (Å²) in [5.41, 5.74) is 0.0363. The fourth-order valence-corrected chi connectivity index (χ4v) is 3.57. The Hall–Kier alpha value is -2.71. The summed E-state index contributed by atoms with van der Waals surface area (Å²) in [6, 6.07) is 6.17. The van der Waals surface area contributed by atoms with Crippen molar-refractivity contribution in [2.45, 2.75) is 33.2 Å². The molecule has 0 fully saturated rings. The predicted molar refractivity (Wildman–Crippen MR) is 124 cm³/mol. The summed E-state index contributed by atoms with van der Waals surface area (Å²) in [6.45, 7) is 5.81. The fourth-order valence-electron chi connectivity index (χ4n) is 3.29. The van der Waals surface area contributed by atoms with E-state index in [9.17, 15) is 9.18 Å². The Balaban J connectivity index is 2.07. The van der Waals surface area contributed by atoms with Gasteiger partial charge in [-0.05, 0) is 50.7 Å². The van der Waals surface area contributed by atoms with Crippen molar-refractivity contribution in [3.63, 3.8) is 0 Å². The quantitative estimate of drug-likeness (QED) is 0.422. The molecule has 0 aliphatic carbocycles. The Morgan fingerprint density at radius 2 is 2.09 bits per heavy atom. The first-order valence-electron chi connectivity index (χ1n) is 10.7. The number of aromatic nitrogens is 4. The van der Waals surface area contributed by atoms with Gasteiger partial charge in [0.05, 0.1) is 12.3 Å². The molecular formula is C23H29ClFN5O2. The van der Waals surface area contributed by atoms with Crippen molar-refractivity contribution in [2.75, 3.05) is 27.2 Å². The van der Waals surface area contributed by atoms with Crippen molar-refractivity contribution >= 4 is 11.6 Å². The van der Waals surface area contributed by atoms with Crippen LogP contribution in [0.15, 0.2) is 41.5 Å². The lowest BCUT2D eigenvalue weighted by atomic mass is 10.1. The van der Waals surface area contributed by atoms with E-state index >= 15 is 0 Å². The van der Waals surface area contributed by atoms with E-state index in [4.69, 9.17) is 16.3 Å². The van der Waals surface area contributed by atoms with Crippen LogP contribution in [-0.4, -0.2) is 51.5 Å². The molecule has 0 saturated heterocycles. The van der Waals surface area contributed by atoms with Gasteiger partial charge in [0.2, 0.25) is 5.82 Å². The Morgan fingerprint density at radius 3 is 2.75 bits per heavy atom. The van der Waals surface area contributed by atoms with Gasteiger partial charge < -0.3 is 14.2 Å². The van der Waals surface area contributed by atoms with E-state index in [0.717, 1.165) is 19.4 Å². The predicted octanol–water partition coefficient (Wildman–Crippen LogP) is 4.27. The van der Waals surface area contributed by atoms with Gasteiger partial charge in [-0.25, -0.2) is 14.1 Å². The van der Waals surface area contributed by atoms with Crippen molar-refractivity contribution < 1.29 is 9.13 Å². The number of nitrogens with zero attached hydrogens (tertiary/aromatic N) is 5. The number of rotatable bonds is 10. The minimum atomic E-state index is -0.501. The van der Waals surface area contributed by atoms with Crippen molar-refractivity contribution in [1.82, 2.24) is 24.2 Å². The summed E-state index contributed by atoms with van der Waals surface area (Å²) in [7, 11) is 3.99. The summed E-state index contributed by atoms with van der Waals surface area (Å²) in [6.07, 6.45) is 4.86. The largest absolute Gasteiger partial charge is 0.494 e. The zero-order valence-electron chi connectivity index (χ0n) is 18.9.